The zero-order valence-electron chi connectivity index (χ0n) is 39.5. The summed E-state index contributed by atoms with van der Waals surface area (Å²) in [6.07, 6.45) is 9.42. The molecule has 2 aliphatic carbocycles. The second-order valence-corrected chi connectivity index (χ2v) is 20.3. The number of hydrogen-bond donors (Lipinski definition) is 1. The van der Waals surface area contributed by atoms with E-state index < -0.39 is 0 Å². The van der Waals surface area contributed by atoms with E-state index in [4.69, 9.17) is 30.8 Å². The van der Waals surface area contributed by atoms with E-state index in [0.29, 0.717) is 34.5 Å². The molecule has 0 unspecified atom stereocenters. The number of methoxy groups -OCH3 is 1. The van der Waals surface area contributed by atoms with Crippen molar-refractivity contribution in [1.29, 1.82) is 5.26 Å². The summed E-state index contributed by atoms with van der Waals surface area (Å²) in [5.41, 5.74) is 5.41. The minimum absolute atomic E-state index is 0.0532. The number of hydrogen-bond acceptors (Lipinski definition) is 11. The lowest BCUT2D eigenvalue weighted by Crippen LogP contribution is -2.74. The van der Waals surface area contributed by atoms with Crippen molar-refractivity contribution in [3.63, 3.8) is 0 Å². The number of ether oxygens (including phenoxy) is 3. The van der Waals surface area contributed by atoms with Gasteiger partial charge in [-0.3, -0.25) is 14.6 Å². The molecule has 0 bridgehead atoms. The first kappa shape index (κ1) is 46.4. The van der Waals surface area contributed by atoms with Crippen molar-refractivity contribution in [3.05, 3.63) is 106 Å². The molecule has 352 valence electrons. The van der Waals surface area contributed by atoms with Crippen molar-refractivity contribution in [3.8, 4) is 11.8 Å². The highest BCUT2D eigenvalue weighted by Gasteiger charge is 2.64. The van der Waals surface area contributed by atoms with Gasteiger partial charge in [0.1, 0.15) is 23.7 Å². The summed E-state index contributed by atoms with van der Waals surface area (Å²) in [5, 5.41) is 12.8. The van der Waals surface area contributed by atoms with Crippen LogP contribution in [0, 0.1) is 22.2 Å². The fourth-order valence-corrected chi connectivity index (χ4v) is 11.8. The smallest absolute Gasteiger partial charge is 0.414 e. The van der Waals surface area contributed by atoms with Crippen molar-refractivity contribution in [2.24, 2.45) is 10.8 Å². The third-order valence-electron chi connectivity index (χ3n) is 14.8. The molecule has 5 aromatic rings. The number of fused-ring (bicyclic) bond motifs is 3. The van der Waals surface area contributed by atoms with Gasteiger partial charge in [-0.25, -0.2) is 19.7 Å². The van der Waals surface area contributed by atoms with Crippen molar-refractivity contribution >= 4 is 46.3 Å². The maximum absolute atomic E-state index is 13.5. The molecular formula is C52H62ClN9O5. The number of carbonyl (C=O) groups excluding carboxylic acids is 2. The molecular weight excluding hydrogens is 866 g/mol. The molecule has 14 nitrogen and oxygen atoms in total. The second kappa shape index (κ2) is 19.1. The average molecular weight is 929 g/mol. The van der Waals surface area contributed by atoms with Crippen LogP contribution in [-0.4, -0.2) is 107 Å². The minimum Gasteiger partial charge on any atom is -0.489 e. The van der Waals surface area contributed by atoms with E-state index in [-0.39, 0.29) is 53.2 Å². The van der Waals surface area contributed by atoms with Gasteiger partial charge >= 0.3 is 6.09 Å². The van der Waals surface area contributed by atoms with Crippen molar-refractivity contribution < 1.29 is 23.8 Å². The van der Waals surface area contributed by atoms with Gasteiger partial charge in [0, 0.05) is 92.1 Å². The van der Waals surface area contributed by atoms with Crippen LogP contribution in [0.25, 0.3) is 11.0 Å². The Bertz CT molecular complexity index is 2620. The lowest BCUT2D eigenvalue weighted by Gasteiger charge is -2.63. The number of benzene rings is 3. The number of carbonyl (C=O) groups is 2. The fourth-order valence-electron chi connectivity index (χ4n) is 11.6. The zero-order chi connectivity index (χ0) is 47.0. The Kier molecular flexibility index (Phi) is 13.2. The van der Waals surface area contributed by atoms with E-state index in [9.17, 15) is 14.9 Å². The molecule has 1 saturated heterocycles. The number of aryl methyl sites for hydroxylation is 1. The van der Waals surface area contributed by atoms with Gasteiger partial charge in [0.25, 0.3) is 5.91 Å². The van der Waals surface area contributed by atoms with E-state index in [1.807, 2.05) is 6.07 Å². The average Bonchev–Trinajstić information content (AvgIpc) is 3.70. The first-order valence-corrected chi connectivity index (χ1v) is 24.2. The Morgan fingerprint density at radius 2 is 1.70 bits per heavy atom. The van der Waals surface area contributed by atoms with Gasteiger partial charge in [0.15, 0.2) is 0 Å². The summed E-state index contributed by atoms with van der Waals surface area (Å²) in [6.45, 7) is 15.2. The van der Waals surface area contributed by atoms with Gasteiger partial charge < -0.3 is 29.0 Å². The highest BCUT2D eigenvalue weighted by molar-refractivity contribution is 6.31. The van der Waals surface area contributed by atoms with Crippen LogP contribution in [0.3, 0.4) is 0 Å². The summed E-state index contributed by atoms with van der Waals surface area (Å²) in [5.74, 6) is 2.04. The van der Waals surface area contributed by atoms with Crippen LogP contribution in [0.1, 0.15) is 106 Å². The highest BCUT2D eigenvalue weighted by atomic mass is 35.5. The Labute approximate surface area is 398 Å². The van der Waals surface area contributed by atoms with Gasteiger partial charge in [-0.1, -0.05) is 69.6 Å². The summed E-state index contributed by atoms with van der Waals surface area (Å²) in [6, 6.07) is 22.1. The predicted molar refractivity (Wildman–Crippen MR) is 259 cm³/mol. The number of nitriles is 1. The van der Waals surface area contributed by atoms with Gasteiger partial charge in [-0.15, -0.1) is 0 Å². The van der Waals surface area contributed by atoms with Crippen LogP contribution in [0.4, 0.5) is 16.4 Å². The number of rotatable bonds is 12. The van der Waals surface area contributed by atoms with Gasteiger partial charge in [-0.05, 0) is 75.3 Å². The number of nitrogens with zero attached hydrogens (tertiary/aromatic N) is 8. The lowest BCUT2D eigenvalue weighted by atomic mass is 9.49. The van der Waals surface area contributed by atoms with Gasteiger partial charge in [0.05, 0.1) is 52.7 Å². The molecule has 67 heavy (non-hydrogen) atoms. The standard InChI is InChI=1S/C52H62ClN9O5/c1-33-15-18-40-42(61(33)50(64)65-6)19-20-43-45(40)57-44(27-34-11-8-7-9-12-34)62(43)37-13-10-14-38(28-37)66-26-25-59-21-23-60(24-22-59)49-55-31-36(32-56-49)46(63)58-47-51(2,3)48(52(47,4)5)67-39-17-16-35(30-54)41(53)29-39/h7-9,11-12,16-17,19-20,29,31-33,37-38,47-48H,10,13-15,18,21-28H2,1-6H3,(H,58,63)/t33-,37+,38+,47?,48?/m0/s1. The van der Waals surface area contributed by atoms with Crippen LogP contribution < -0.4 is 19.9 Å². The molecule has 3 atom stereocenters. The largest absolute Gasteiger partial charge is 0.489 e. The van der Waals surface area contributed by atoms with Crippen LogP contribution in [0.2, 0.25) is 5.02 Å². The van der Waals surface area contributed by atoms with E-state index in [1.54, 1.807) is 35.5 Å². The summed E-state index contributed by atoms with van der Waals surface area (Å²) in [7, 11) is 1.45. The Morgan fingerprint density at radius 1 is 0.955 bits per heavy atom. The van der Waals surface area contributed by atoms with Crippen molar-refractivity contribution in [2.45, 2.75) is 110 Å². The number of anilines is 2. The Morgan fingerprint density at radius 3 is 2.40 bits per heavy atom. The summed E-state index contributed by atoms with van der Waals surface area (Å²) >= 11 is 6.27. The lowest BCUT2D eigenvalue weighted by molar-refractivity contribution is -0.164. The molecule has 4 heterocycles. The number of imidazole rings is 1. The Balaban J connectivity index is 0.776. The molecule has 2 aliphatic heterocycles. The highest BCUT2D eigenvalue weighted by Crippen LogP contribution is 2.55. The summed E-state index contributed by atoms with van der Waals surface area (Å²) in [4.78, 5) is 47.5. The number of nitrogens with one attached hydrogen (secondary N) is 1. The molecule has 3 fully saturated rings. The minimum atomic E-state index is -0.384. The fraction of sp³-hybridized carbons (Fsp3) is 0.500. The summed E-state index contributed by atoms with van der Waals surface area (Å²) < 4.78 is 20.7. The molecule has 2 amide bonds. The molecule has 2 saturated carbocycles. The molecule has 0 spiro atoms. The molecule has 0 radical (unpaired) electrons. The molecule has 15 heteroatoms. The van der Waals surface area contributed by atoms with E-state index in [0.717, 1.165) is 106 Å². The number of amides is 2. The monoisotopic (exact) mass is 927 g/mol. The molecule has 4 aliphatic rings. The van der Waals surface area contributed by atoms with Crippen LogP contribution in [0.5, 0.6) is 5.75 Å². The maximum Gasteiger partial charge on any atom is 0.414 e. The van der Waals surface area contributed by atoms with Crippen LogP contribution in [-0.2, 0) is 22.3 Å². The predicted octanol–water partition coefficient (Wildman–Crippen LogP) is 8.78. The van der Waals surface area contributed by atoms with E-state index in [2.05, 4.69) is 107 Å². The Hall–Kier alpha value is -5.75. The zero-order valence-corrected chi connectivity index (χ0v) is 40.3. The quantitative estimate of drug-likeness (QED) is 0.128. The first-order valence-electron chi connectivity index (χ1n) is 23.8. The third-order valence-corrected chi connectivity index (χ3v) is 15.1. The first-order chi connectivity index (χ1) is 32.3. The molecule has 2 aromatic heterocycles. The normalized spacial score (nSPS) is 23.5. The topological polar surface area (TPSA) is 151 Å². The van der Waals surface area contributed by atoms with Crippen LogP contribution in [0.15, 0.2) is 73.1 Å². The molecule has 3 aromatic carbocycles. The maximum atomic E-state index is 13.5. The van der Waals surface area contributed by atoms with Gasteiger partial charge in [0.2, 0.25) is 5.95 Å². The van der Waals surface area contributed by atoms with E-state index in [1.165, 1.54) is 12.7 Å². The van der Waals surface area contributed by atoms with E-state index >= 15 is 0 Å². The number of piperazine rings is 1. The van der Waals surface area contributed by atoms with Crippen molar-refractivity contribution in [1.82, 2.24) is 29.7 Å². The number of aromatic nitrogens is 4. The van der Waals surface area contributed by atoms with Crippen LogP contribution >= 0.6 is 11.6 Å². The van der Waals surface area contributed by atoms with Crippen molar-refractivity contribution in [2.75, 3.05) is 56.2 Å². The number of halogens is 1. The molecule has 9 rings (SSSR count). The second-order valence-electron chi connectivity index (χ2n) is 19.9. The van der Waals surface area contributed by atoms with Gasteiger partial charge in [-0.2, -0.15) is 5.26 Å². The third kappa shape index (κ3) is 9.18. The molecule has 1 N–H and O–H groups in total. The SMILES string of the molecule is COC(=O)N1c2ccc3c(nc(Cc4ccccc4)n3[C@@H]3CCC[C@@H](OCCN4CCN(c5ncc(C(=O)NC6C(C)(C)C(Oc7ccc(C#N)c(Cl)c7)C6(C)C)cn5)CC4)C3)c2CC[C@@H]1C.